The van der Waals surface area contributed by atoms with Crippen molar-refractivity contribution in [1.29, 1.82) is 0 Å². The Morgan fingerprint density at radius 2 is 1.11 bits per heavy atom. The fourth-order valence-electron chi connectivity index (χ4n) is 4.45. The third-order valence-electron chi connectivity index (χ3n) is 6.09. The number of rotatable bonds is 10. The molecule has 0 atom stereocenters. The van der Waals surface area contributed by atoms with E-state index in [1.165, 1.54) is 0 Å². The van der Waals surface area contributed by atoms with E-state index in [4.69, 9.17) is 4.74 Å². The highest BCUT2D eigenvalue weighted by Crippen LogP contribution is 2.54. The molecule has 0 aromatic heterocycles. The van der Waals surface area contributed by atoms with Gasteiger partial charge >= 0.3 is 5.97 Å². The zero-order chi connectivity index (χ0) is 26.7. The number of ether oxygens (including phenoxy) is 1. The molecule has 0 aliphatic heterocycles. The average molecular weight is 536 g/mol. The maximum atomic E-state index is 14.4. The number of esters is 1. The second kappa shape index (κ2) is 12.3. The second-order valence-electron chi connectivity index (χ2n) is 10.6. The number of aryl methyl sites for hydroxylation is 6. The number of quaternary nitrogens is 1. The monoisotopic (exact) mass is 535 g/mol. The smallest absolute Gasteiger partial charge is 0.306 e. The molecule has 0 saturated carbocycles. The number of hydrogen-bond acceptors (Lipinski definition) is 5. The van der Waals surface area contributed by atoms with Gasteiger partial charge in [-0.1, -0.05) is 35.4 Å². The number of likely N-dealkylation sites (N-methyl/N-ethyl adjacent to an activating group) is 1. The van der Waals surface area contributed by atoms with Crippen molar-refractivity contribution in [1.82, 2.24) is 0 Å². The minimum atomic E-state index is -4.18. The minimum absolute atomic E-state index is 0. The van der Waals surface area contributed by atoms with Crippen molar-refractivity contribution >= 4 is 24.2 Å². The lowest BCUT2D eigenvalue weighted by Crippen LogP contribution is -3.00. The Morgan fingerprint density at radius 1 is 0.750 bits per heavy atom. The summed E-state index contributed by atoms with van der Waals surface area (Å²) >= 11 is 0. The Hall–Kier alpha value is -2.27. The number of hydrogen-bond donors (Lipinski definition) is 0. The maximum absolute atomic E-state index is 14.4. The lowest BCUT2D eigenvalue weighted by molar-refractivity contribution is -0.870. The second-order valence-corrected chi connectivity index (χ2v) is 13.3. The van der Waals surface area contributed by atoms with Crippen LogP contribution in [-0.4, -0.2) is 62.0 Å². The van der Waals surface area contributed by atoms with Gasteiger partial charge in [-0.3, -0.25) is 14.4 Å². The molecule has 0 heterocycles. The van der Waals surface area contributed by atoms with Gasteiger partial charge in [0.15, 0.2) is 0 Å². The van der Waals surface area contributed by atoms with Crippen LogP contribution in [0.2, 0.25) is 0 Å². The summed E-state index contributed by atoms with van der Waals surface area (Å²) < 4.78 is 20.4. The Balaban J connectivity index is 0.00000648. The van der Waals surface area contributed by atoms with E-state index in [0.717, 1.165) is 11.1 Å². The first-order valence-corrected chi connectivity index (χ1v) is 13.8. The predicted molar refractivity (Wildman–Crippen MR) is 141 cm³/mol. The molecule has 6 nitrogen and oxygen atoms in total. The van der Waals surface area contributed by atoms with E-state index < -0.39 is 24.2 Å². The summed E-state index contributed by atoms with van der Waals surface area (Å²) in [4.78, 5) is 40.2. The highest BCUT2D eigenvalue weighted by molar-refractivity contribution is 7.95. The number of carbonyl (C=O) groups excluding carboxylic acids is 3. The van der Waals surface area contributed by atoms with Gasteiger partial charge in [-0.2, -0.15) is 0 Å². The zero-order valence-corrected chi connectivity index (χ0v) is 24.6. The van der Waals surface area contributed by atoms with Crippen LogP contribution in [0.5, 0.6) is 0 Å². The normalized spacial score (nSPS) is 11.6. The van der Waals surface area contributed by atoms with Gasteiger partial charge in [-0.15, -0.1) is 0 Å². The van der Waals surface area contributed by atoms with Crippen molar-refractivity contribution < 1.29 is 40.6 Å². The van der Waals surface area contributed by atoms with Crippen molar-refractivity contribution in [3.05, 3.63) is 68.8 Å². The Morgan fingerprint density at radius 3 is 1.44 bits per heavy atom. The molecule has 0 aliphatic carbocycles. The van der Waals surface area contributed by atoms with E-state index in [0.29, 0.717) is 44.4 Å². The summed E-state index contributed by atoms with van der Waals surface area (Å²) in [6.07, 6.45) is -0.618. The molecular formula is C28H39ClNO5P. The molecule has 36 heavy (non-hydrogen) atoms. The number of halogens is 1. The fourth-order valence-corrected chi connectivity index (χ4v) is 6.96. The van der Waals surface area contributed by atoms with Crippen LogP contribution in [0.15, 0.2) is 24.3 Å². The summed E-state index contributed by atoms with van der Waals surface area (Å²) in [5.74, 6) is -0.561. The molecule has 0 spiro atoms. The zero-order valence-electron chi connectivity index (χ0n) is 23.0. The minimum Gasteiger partial charge on any atom is -1.00 e. The van der Waals surface area contributed by atoms with E-state index in [-0.39, 0.29) is 31.6 Å². The van der Waals surface area contributed by atoms with E-state index in [1.807, 2.05) is 59.3 Å². The first-order valence-electron chi connectivity index (χ1n) is 11.9. The lowest BCUT2D eigenvalue weighted by Gasteiger charge is -2.23. The molecule has 0 fully saturated rings. The van der Waals surface area contributed by atoms with Gasteiger partial charge in [0.05, 0.1) is 27.6 Å². The highest BCUT2D eigenvalue weighted by Gasteiger charge is 2.43. The summed E-state index contributed by atoms with van der Waals surface area (Å²) in [6.45, 7) is 11.8. The highest BCUT2D eigenvalue weighted by atomic mass is 35.5. The third kappa shape index (κ3) is 7.61. The van der Waals surface area contributed by atoms with E-state index in [9.17, 15) is 18.9 Å². The lowest BCUT2D eigenvalue weighted by atomic mass is 10.0. The Kier molecular flexibility index (Phi) is 10.9. The number of benzene rings is 2. The molecule has 0 aliphatic rings. The molecule has 198 valence electrons. The van der Waals surface area contributed by atoms with Crippen LogP contribution < -0.4 is 12.4 Å². The molecule has 8 heteroatoms. The molecule has 0 bridgehead atoms. The molecule has 0 radical (unpaired) electrons. The molecule has 2 rings (SSSR count). The topological polar surface area (TPSA) is 77.5 Å². The van der Waals surface area contributed by atoms with Crippen LogP contribution in [-0.2, 0) is 14.1 Å². The van der Waals surface area contributed by atoms with Gasteiger partial charge < -0.3 is 26.2 Å². The Labute approximate surface area is 221 Å². The van der Waals surface area contributed by atoms with Gasteiger partial charge in [0, 0.05) is 17.3 Å². The van der Waals surface area contributed by atoms with Gasteiger partial charge in [0.1, 0.15) is 13.2 Å². The van der Waals surface area contributed by atoms with Crippen LogP contribution in [0.25, 0.3) is 0 Å². The summed E-state index contributed by atoms with van der Waals surface area (Å²) in [7, 11) is 1.77. The van der Waals surface area contributed by atoms with Crippen LogP contribution >= 0.6 is 7.14 Å². The van der Waals surface area contributed by atoms with Crippen molar-refractivity contribution in [2.24, 2.45) is 0 Å². The van der Waals surface area contributed by atoms with E-state index in [2.05, 4.69) is 0 Å². The standard InChI is InChI=1S/C28H39NO5P.ClH/c1-18-14-20(3)25(21(4)15-18)27(31)35(33,13-10-24(30)34-12-11-29(7,8)9)28(32)26-22(5)16-19(2)17-23(26)6;/h14-17H,10-13H2,1-9H3;1H/q+1;/p-1. The first kappa shape index (κ1) is 31.8. The first-order chi connectivity index (χ1) is 16.1. The van der Waals surface area contributed by atoms with E-state index >= 15 is 0 Å². The number of nitrogens with zero attached hydrogens (tertiary/aromatic N) is 1. The van der Waals surface area contributed by atoms with E-state index in [1.54, 1.807) is 27.7 Å². The van der Waals surface area contributed by atoms with Crippen molar-refractivity contribution in [2.75, 3.05) is 40.5 Å². The molecule has 0 N–H and O–H groups in total. The van der Waals surface area contributed by atoms with Crippen molar-refractivity contribution in [3.8, 4) is 0 Å². The molecular weight excluding hydrogens is 497 g/mol. The maximum Gasteiger partial charge on any atom is 0.306 e. The largest absolute Gasteiger partial charge is 1.00 e. The predicted octanol–water partition coefficient (Wildman–Crippen LogP) is 2.52. The Bertz CT molecular complexity index is 1090. The van der Waals surface area contributed by atoms with Gasteiger partial charge in [-0.05, 0) is 63.8 Å². The molecule has 0 unspecified atom stereocenters. The summed E-state index contributed by atoms with van der Waals surface area (Å²) in [5.41, 5.74) is 3.86. The van der Waals surface area contributed by atoms with Crippen molar-refractivity contribution in [3.63, 3.8) is 0 Å². The SMILES string of the molecule is Cc1cc(C)c(C(=O)P(=O)(CCC(=O)OCC[N+](C)(C)C)C(=O)c2c(C)cc(C)cc2C)c(C)c1.[Cl-]. The van der Waals surface area contributed by atoms with Crippen molar-refractivity contribution in [2.45, 2.75) is 48.0 Å². The quantitative estimate of drug-likeness (QED) is 0.265. The fraction of sp³-hybridized carbons (Fsp3) is 0.464. The van der Waals surface area contributed by atoms with Crippen LogP contribution in [0.1, 0.15) is 60.5 Å². The van der Waals surface area contributed by atoms with Gasteiger partial charge in [0.2, 0.25) is 18.2 Å². The molecule has 0 amide bonds. The number of carbonyl (C=O) groups is 3. The third-order valence-corrected chi connectivity index (χ3v) is 8.71. The summed E-state index contributed by atoms with van der Waals surface area (Å²) in [6, 6.07) is 7.37. The average Bonchev–Trinajstić information content (AvgIpc) is 2.69. The van der Waals surface area contributed by atoms with Crippen LogP contribution in [0.3, 0.4) is 0 Å². The van der Waals surface area contributed by atoms with Crippen LogP contribution in [0, 0.1) is 41.5 Å². The van der Waals surface area contributed by atoms with Crippen LogP contribution in [0.4, 0.5) is 0 Å². The molecule has 2 aromatic rings. The van der Waals surface area contributed by atoms with Gasteiger partial charge in [-0.25, -0.2) is 0 Å². The molecule has 0 saturated heterocycles. The molecule has 2 aromatic carbocycles. The summed E-state index contributed by atoms with van der Waals surface area (Å²) in [5, 5.41) is 0. The van der Waals surface area contributed by atoms with Gasteiger partial charge in [0.25, 0.3) is 0 Å².